The molecule has 0 amide bonds. The molecule has 2 N–H and O–H groups in total. The summed E-state index contributed by atoms with van der Waals surface area (Å²) in [6, 6.07) is 0. The van der Waals surface area contributed by atoms with Crippen LogP contribution >= 0.6 is 0 Å². The molecule has 0 aliphatic carbocycles. The van der Waals surface area contributed by atoms with Gasteiger partial charge in [0.1, 0.15) is 5.76 Å². The lowest BCUT2D eigenvalue weighted by Gasteiger charge is -2.12. The molecule has 5 heteroatoms. The van der Waals surface area contributed by atoms with Gasteiger partial charge in [0.25, 0.3) is 0 Å². The first-order valence-electron chi connectivity index (χ1n) is 3.76. The molecule has 0 radical (unpaired) electrons. The van der Waals surface area contributed by atoms with Gasteiger partial charge in [-0.15, -0.1) is 0 Å². The Morgan fingerprint density at radius 1 is 1.54 bits per heavy atom. The van der Waals surface area contributed by atoms with Crippen molar-refractivity contribution in [3.8, 4) is 0 Å². The van der Waals surface area contributed by atoms with E-state index in [1.54, 1.807) is 13.8 Å². The third-order valence-corrected chi connectivity index (χ3v) is 1.86. The van der Waals surface area contributed by atoms with Crippen LogP contribution < -0.4 is 0 Å². The van der Waals surface area contributed by atoms with E-state index in [9.17, 15) is 9.90 Å². The summed E-state index contributed by atoms with van der Waals surface area (Å²) in [5.74, 6) is -1.06. The van der Waals surface area contributed by atoms with Gasteiger partial charge < -0.3 is 14.6 Å². The van der Waals surface area contributed by atoms with Crippen LogP contribution in [0.1, 0.15) is 24.3 Å². The highest BCUT2D eigenvalue weighted by atomic mass is 16.4. The molecule has 1 aromatic heterocycles. The van der Waals surface area contributed by atoms with E-state index in [2.05, 4.69) is 4.98 Å². The van der Waals surface area contributed by atoms with Crippen molar-refractivity contribution < 1.29 is 19.4 Å². The largest absolute Gasteiger partial charge is 0.479 e. The molecule has 1 unspecified atom stereocenters. The fourth-order valence-electron chi connectivity index (χ4n) is 0.772. The van der Waals surface area contributed by atoms with E-state index in [1.165, 1.54) is 0 Å². The Labute approximate surface area is 75.0 Å². The molecule has 0 bridgehead atoms. The van der Waals surface area contributed by atoms with Crippen molar-refractivity contribution >= 4 is 5.97 Å². The van der Waals surface area contributed by atoms with Crippen molar-refractivity contribution in [3.63, 3.8) is 0 Å². The Balaban J connectivity index is 3.15. The topological polar surface area (TPSA) is 83.6 Å². The summed E-state index contributed by atoms with van der Waals surface area (Å²) in [7, 11) is 0. The fourth-order valence-corrected chi connectivity index (χ4v) is 0.772. The number of carbonyl (C=O) groups is 1. The molecule has 5 nitrogen and oxygen atoms in total. The molecule has 0 aliphatic rings. The first-order chi connectivity index (χ1) is 5.85. The monoisotopic (exact) mass is 185 g/mol. The van der Waals surface area contributed by atoms with Crippen LogP contribution in [0.3, 0.4) is 0 Å². The van der Waals surface area contributed by atoms with Gasteiger partial charge in [0.15, 0.2) is 0 Å². The van der Waals surface area contributed by atoms with E-state index < -0.39 is 11.6 Å². The van der Waals surface area contributed by atoms with Crippen LogP contribution in [0.25, 0.3) is 0 Å². The molecule has 1 aromatic rings. The molecule has 0 spiro atoms. The van der Waals surface area contributed by atoms with Crippen LogP contribution in [-0.2, 0) is 10.4 Å². The van der Waals surface area contributed by atoms with Gasteiger partial charge in [-0.05, 0) is 20.8 Å². The normalized spacial score (nSPS) is 15.4. The molecule has 0 fully saturated rings. The van der Waals surface area contributed by atoms with Crippen LogP contribution in [0.4, 0.5) is 0 Å². The number of rotatable bonds is 2. The van der Waals surface area contributed by atoms with Gasteiger partial charge in [-0.2, -0.15) is 0 Å². The summed E-state index contributed by atoms with van der Waals surface area (Å²) in [6.07, 6.45) is 0. The van der Waals surface area contributed by atoms with E-state index in [4.69, 9.17) is 9.52 Å². The van der Waals surface area contributed by atoms with Gasteiger partial charge in [0, 0.05) is 0 Å². The smallest absolute Gasteiger partial charge is 0.345 e. The predicted octanol–water partition coefficient (Wildman–Crippen LogP) is 0.584. The minimum absolute atomic E-state index is 0.185. The quantitative estimate of drug-likeness (QED) is 0.704. The third kappa shape index (κ3) is 1.55. The molecule has 0 aromatic carbocycles. The number of carboxylic acids is 1. The SMILES string of the molecule is Cc1nc(C(C)(O)C(=O)O)oc1C. The summed E-state index contributed by atoms with van der Waals surface area (Å²) in [4.78, 5) is 14.4. The average Bonchev–Trinajstić information content (AvgIpc) is 2.32. The number of aromatic nitrogens is 1. The van der Waals surface area contributed by atoms with Gasteiger partial charge in [-0.1, -0.05) is 0 Å². The molecule has 1 heterocycles. The van der Waals surface area contributed by atoms with E-state index in [0.717, 1.165) is 6.92 Å². The molecule has 0 saturated carbocycles. The minimum Gasteiger partial charge on any atom is -0.479 e. The number of hydrogen-bond donors (Lipinski definition) is 2. The highest BCUT2D eigenvalue weighted by Gasteiger charge is 2.37. The number of hydrogen-bond acceptors (Lipinski definition) is 4. The average molecular weight is 185 g/mol. The van der Waals surface area contributed by atoms with Crippen molar-refractivity contribution in [2.45, 2.75) is 26.4 Å². The van der Waals surface area contributed by atoms with Crippen LogP contribution in [0.15, 0.2) is 4.42 Å². The number of nitrogens with zero attached hydrogens (tertiary/aromatic N) is 1. The van der Waals surface area contributed by atoms with E-state index >= 15 is 0 Å². The van der Waals surface area contributed by atoms with Crippen LogP contribution in [0, 0.1) is 13.8 Å². The Morgan fingerprint density at radius 3 is 2.38 bits per heavy atom. The zero-order valence-electron chi connectivity index (χ0n) is 7.66. The lowest BCUT2D eigenvalue weighted by atomic mass is 10.1. The van der Waals surface area contributed by atoms with Gasteiger partial charge in [0.2, 0.25) is 11.5 Å². The Bertz CT molecular complexity index is 320. The zero-order chi connectivity index (χ0) is 10.2. The Hall–Kier alpha value is -1.36. The predicted molar refractivity (Wildman–Crippen MR) is 43.2 cm³/mol. The number of aliphatic hydroxyl groups is 1. The van der Waals surface area contributed by atoms with Crippen molar-refractivity contribution in [1.82, 2.24) is 4.98 Å². The Morgan fingerprint density at radius 2 is 2.08 bits per heavy atom. The second kappa shape index (κ2) is 2.85. The molecule has 13 heavy (non-hydrogen) atoms. The number of oxazole rings is 1. The standard InChI is InChI=1S/C8H11NO4/c1-4-5(2)13-6(9-4)8(3,12)7(10)11/h12H,1-3H3,(H,10,11). The van der Waals surface area contributed by atoms with E-state index in [0.29, 0.717) is 11.5 Å². The summed E-state index contributed by atoms with van der Waals surface area (Å²) in [6.45, 7) is 4.46. The fraction of sp³-hybridized carbons (Fsp3) is 0.500. The minimum atomic E-state index is -2.06. The first-order valence-corrected chi connectivity index (χ1v) is 3.76. The summed E-state index contributed by atoms with van der Waals surface area (Å²) in [5.41, 5.74) is -1.48. The lowest BCUT2D eigenvalue weighted by Crippen LogP contribution is -2.32. The maximum atomic E-state index is 10.6. The van der Waals surface area contributed by atoms with Crippen molar-refractivity contribution in [3.05, 3.63) is 17.3 Å². The van der Waals surface area contributed by atoms with Crippen LogP contribution in [0.5, 0.6) is 0 Å². The number of aliphatic carboxylic acids is 1. The molecule has 0 saturated heterocycles. The molecule has 1 atom stereocenters. The van der Waals surface area contributed by atoms with Crippen molar-refractivity contribution in [2.24, 2.45) is 0 Å². The number of carboxylic acid groups (broad SMARTS) is 1. The van der Waals surface area contributed by atoms with E-state index in [-0.39, 0.29) is 5.89 Å². The highest BCUT2D eigenvalue weighted by Crippen LogP contribution is 2.21. The first kappa shape index (κ1) is 9.73. The maximum absolute atomic E-state index is 10.6. The van der Waals surface area contributed by atoms with Crippen molar-refractivity contribution in [2.75, 3.05) is 0 Å². The van der Waals surface area contributed by atoms with Crippen LogP contribution in [-0.4, -0.2) is 21.2 Å². The Kier molecular flexibility index (Phi) is 2.13. The molecule has 1 rings (SSSR count). The van der Waals surface area contributed by atoms with Gasteiger partial charge >= 0.3 is 5.97 Å². The zero-order valence-corrected chi connectivity index (χ0v) is 7.66. The van der Waals surface area contributed by atoms with E-state index in [1.807, 2.05) is 0 Å². The van der Waals surface area contributed by atoms with Gasteiger partial charge in [-0.3, -0.25) is 0 Å². The highest BCUT2D eigenvalue weighted by molar-refractivity contribution is 5.77. The summed E-state index contributed by atoms with van der Waals surface area (Å²) in [5, 5.41) is 18.1. The molecule has 0 aliphatic heterocycles. The maximum Gasteiger partial charge on any atom is 0.345 e. The van der Waals surface area contributed by atoms with Crippen molar-refractivity contribution in [1.29, 1.82) is 0 Å². The number of aryl methyl sites for hydroxylation is 2. The molecular formula is C8H11NO4. The van der Waals surface area contributed by atoms with Gasteiger partial charge in [0.05, 0.1) is 5.69 Å². The second-order valence-corrected chi connectivity index (χ2v) is 3.04. The molecule has 72 valence electrons. The van der Waals surface area contributed by atoms with Gasteiger partial charge in [-0.25, -0.2) is 9.78 Å². The second-order valence-electron chi connectivity index (χ2n) is 3.04. The lowest BCUT2D eigenvalue weighted by molar-refractivity contribution is -0.159. The summed E-state index contributed by atoms with van der Waals surface area (Å²) < 4.78 is 5.00. The third-order valence-electron chi connectivity index (χ3n) is 1.86. The summed E-state index contributed by atoms with van der Waals surface area (Å²) >= 11 is 0. The van der Waals surface area contributed by atoms with Crippen LogP contribution in [0.2, 0.25) is 0 Å². The molecular weight excluding hydrogens is 174 g/mol.